The van der Waals surface area contributed by atoms with Crippen LogP contribution in [0.4, 0.5) is 0 Å². The minimum absolute atomic E-state index is 0.189. The average molecular weight is 460 g/mol. The van der Waals surface area contributed by atoms with Gasteiger partial charge in [0.05, 0.1) is 18.8 Å². The van der Waals surface area contributed by atoms with Gasteiger partial charge in [-0.1, -0.05) is 13.8 Å². The van der Waals surface area contributed by atoms with Crippen molar-refractivity contribution in [2.75, 3.05) is 105 Å². The molecule has 32 heavy (non-hydrogen) atoms. The zero-order valence-corrected chi connectivity index (χ0v) is 21.5. The van der Waals surface area contributed by atoms with Crippen molar-refractivity contribution in [1.82, 2.24) is 24.5 Å². The fourth-order valence-electron chi connectivity index (χ4n) is 4.47. The maximum atomic E-state index is 9.94. The summed E-state index contributed by atoms with van der Waals surface area (Å²) in [7, 11) is 0. The van der Waals surface area contributed by atoms with E-state index in [1.807, 2.05) is 13.8 Å². The van der Waals surface area contributed by atoms with Crippen molar-refractivity contribution in [2.24, 2.45) is 0 Å². The first-order chi connectivity index (χ1) is 15.4. The van der Waals surface area contributed by atoms with Crippen LogP contribution in [0, 0.1) is 0 Å². The third-order valence-electron chi connectivity index (χ3n) is 6.48. The summed E-state index contributed by atoms with van der Waals surface area (Å²) in [6.07, 6.45) is 1.99. The second-order valence-corrected chi connectivity index (χ2v) is 9.44. The highest BCUT2D eigenvalue weighted by molar-refractivity contribution is 4.72. The minimum Gasteiger partial charge on any atom is -0.395 e. The van der Waals surface area contributed by atoms with E-state index in [1.165, 1.54) is 25.9 Å². The molecule has 2 unspecified atom stereocenters. The van der Waals surface area contributed by atoms with Crippen LogP contribution in [0.5, 0.6) is 0 Å². The molecule has 1 heterocycles. The van der Waals surface area contributed by atoms with Crippen molar-refractivity contribution in [3.05, 3.63) is 0 Å². The van der Waals surface area contributed by atoms with Crippen LogP contribution in [0.1, 0.15) is 40.5 Å². The van der Waals surface area contributed by atoms with Gasteiger partial charge in [-0.3, -0.25) is 9.80 Å². The number of likely N-dealkylation sites (tertiary alicyclic amines) is 1. The van der Waals surface area contributed by atoms with Crippen LogP contribution in [-0.2, 0) is 0 Å². The molecule has 0 spiro atoms. The van der Waals surface area contributed by atoms with Crippen LogP contribution in [0.3, 0.4) is 0 Å². The summed E-state index contributed by atoms with van der Waals surface area (Å²) in [6, 6.07) is 0. The Hall–Kier alpha value is -0.320. The predicted octanol–water partition coefficient (Wildman–Crippen LogP) is 0.0839. The minimum atomic E-state index is -0.342. The lowest BCUT2D eigenvalue weighted by Crippen LogP contribution is -2.45. The van der Waals surface area contributed by atoms with E-state index in [0.717, 1.165) is 72.0 Å². The second-order valence-electron chi connectivity index (χ2n) is 9.44. The van der Waals surface area contributed by atoms with Crippen LogP contribution >= 0.6 is 0 Å². The Morgan fingerprint density at radius 1 is 0.656 bits per heavy atom. The number of hydrogen-bond acceptors (Lipinski definition) is 8. The molecule has 0 aromatic rings. The van der Waals surface area contributed by atoms with E-state index in [9.17, 15) is 15.3 Å². The first-order valence-corrected chi connectivity index (χ1v) is 13.0. The Morgan fingerprint density at radius 2 is 1.06 bits per heavy atom. The molecular weight excluding hydrogens is 406 g/mol. The quantitative estimate of drug-likeness (QED) is 0.236. The largest absolute Gasteiger partial charge is 0.395 e. The molecule has 0 aromatic carbocycles. The first kappa shape index (κ1) is 29.7. The van der Waals surface area contributed by atoms with Gasteiger partial charge in [-0.2, -0.15) is 0 Å². The van der Waals surface area contributed by atoms with Gasteiger partial charge in [0.15, 0.2) is 0 Å². The Balaban J connectivity index is 2.47. The zero-order valence-electron chi connectivity index (χ0n) is 21.5. The summed E-state index contributed by atoms with van der Waals surface area (Å²) < 4.78 is 0. The molecule has 1 saturated heterocycles. The van der Waals surface area contributed by atoms with Gasteiger partial charge in [0.2, 0.25) is 0 Å². The van der Waals surface area contributed by atoms with Crippen molar-refractivity contribution in [1.29, 1.82) is 0 Å². The van der Waals surface area contributed by atoms with E-state index in [4.69, 9.17) is 0 Å². The number of aliphatic hydroxyl groups is 3. The van der Waals surface area contributed by atoms with Gasteiger partial charge in [0.1, 0.15) is 0 Å². The number of rotatable bonds is 20. The van der Waals surface area contributed by atoms with Crippen molar-refractivity contribution in [3.63, 3.8) is 0 Å². The summed E-state index contributed by atoms with van der Waals surface area (Å²) >= 11 is 0. The van der Waals surface area contributed by atoms with Crippen LogP contribution in [0.25, 0.3) is 0 Å². The molecule has 8 nitrogen and oxygen atoms in total. The topological polar surface area (TPSA) is 76.9 Å². The van der Waals surface area contributed by atoms with Gasteiger partial charge in [-0.05, 0) is 52.9 Å². The van der Waals surface area contributed by atoms with E-state index < -0.39 is 0 Å². The highest BCUT2D eigenvalue weighted by atomic mass is 16.3. The standard InChI is InChI=1S/C24H53N5O3/c1-5-25(11-15-28(21-23(3)31)17-13-26(6-2)19-20-30)12-16-29(22-24(4)32)18-14-27-9-7-8-10-27/h23-24,30-32H,5-22H2,1-4H3. The van der Waals surface area contributed by atoms with E-state index in [-0.39, 0.29) is 18.8 Å². The summed E-state index contributed by atoms with van der Waals surface area (Å²) in [4.78, 5) is 12.0. The molecule has 0 aliphatic carbocycles. The summed E-state index contributed by atoms with van der Waals surface area (Å²) in [5.41, 5.74) is 0. The third kappa shape index (κ3) is 14.1. The molecule has 3 N–H and O–H groups in total. The molecule has 1 aliphatic heterocycles. The van der Waals surface area contributed by atoms with Crippen LogP contribution in [0.15, 0.2) is 0 Å². The van der Waals surface area contributed by atoms with Gasteiger partial charge in [0, 0.05) is 72.0 Å². The Kier molecular flexibility index (Phi) is 16.8. The van der Waals surface area contributed by atoms with Crippen LogP contribution in [0.2, 0.25) is 0 Å². The molecule has 0 bridgehead atoms. The Bertz CT molecular complexity index is 436. The molecule has 1 rings (SSSR count). The Morgan fingerprint density at radius 3 is 1.47 bits per heavy atom. The highest BCUT2D eigenvalue weighted by Crippen LogP contribution is 2.07. The van der Waals surface area contributed by atoms with E-state index >= 15 is 0 Å². The van der Waals surface area contributed by atoms with Crippen molar-refractivity contribution in [2.45, 2.75) is 52.7 Å². The molecule has 0 amide bonds. The SMILES string of the molecule is CCN(CCO)CCN(CCN(CC)CCN(CCN1CCCC1)CC(C)O)CC(C)O. The zero-order chi connectivity index (χ0) is 23.8. The molecular formula is C24H53N5O3. The normalized spacial score (nSPS) is 17.3. The average Bonchev–Trinajstić information content (AvgIpc) is 3.27. The van der Waals surface area contributed by atoms with Crippen molar-refractivity contribution >= 4 is 0 Å². The van der Waals surface area contributed by atoms with Gasteiger partial charge in [0.25, 0.3) is 0 Å². The molecule has 1 aliphatic rings. The third-order valence-corrected chi connectivity index (χ3v) is 6.48. The van der Waals surface area contributed by atoms with E-state index in [0.29, 0.717) is 13.1 Å². The second kappa shape index (κ2) is 18.1. The maximum Gasteiger partial charge on any atom is 0.0639 e. The fourth-order valence-corrected chi connectivity index (χ4v) is 4.47. The number of likely N-dealkylation sites (N-methyl/N-ethyl adjacent to an activating group) is 2. The Labute approximate surface area is 197 Å². The summed E-state index contributed by atoms with van der Waals surface area (Å²) in [5, 5.41) is 29.1. The molecule has 1 fully saturated rings. The number of hydrogen-bond donors (Lipinski definition) is 3. The lowest BCUT2D eigenvalue weighted by molar-refractivity contribution is 0.0944. The monoisotopic (exact) mass is 459 g/mol. The van der Waals surface area contributed by atoms with Crippen LogP contribution < -0.4 is 0 Å². The number of aliphatic hydroxyl groups excluding tert-OH is 3. The van der Waals surface area contributed by atoms with Crippen molar-refractivity contribution < 1.29 is 15.3 Å². The van der Waals surface area contributed by atoms with Gasteiger partial charge < -0.3 is 30.0 Å². The van der Waals surface area contributed by atoms with Gasteiger partial charge in [-0.15, -0.1) is 0 Å². The van der Waals surface area contributed by atoms with Gasteiger partial charge >= 0.3 is 0 Å². The van der Waals surface area contributed by atoms with Crippen LogP contribution in [-0.4, -0.2) is 157 Å². The molecule has 2 atom stereocenters. The lowest BCUT2D eigenvalue weighted by atomic mass is 10.3. The predicted molar refractivity (Wildman–Crippen MR) is 133 cm³/mol. The summed E-state index contributed by atoms with van der Waals surface area (Å²) in [6.45, 7) is 22.6. The fraction of sp³-hybridized carbons (Fsp3) is 1.00. The number of nitrogens with zero attached hydrogens (tertiary/aromatic N) is 5. The van der Waals surface area contributed by atoms with E-state index in [1.54, 1.807) is 0 Å². The molecule has 8 heteroatoms. The lowest BCUT2D eigenvalue weighted by Gasteiger charge is -2.32. The molecule has 0 radical (unpaired) electrons. The first-order valence-electron chi connectivity index (χ1n) is 13.0. The van der Waals surface area contributed by atoms with E-state index in [2.05, 4.69) is 38.3 Å². The molecule has 0 aromatic heterocycles. The van der Waals surface area contributed by atoms with Crippen molar-refractivity contribution in [3.8, 4) is 0 Å². The summed E-state index contributed by atoms with van der Waals surface area (Å²) in [5.74, 6) is 0. The van der Waals surface area contributed by atoms with Gasteiger partial charge in [-0.25, -0.2) is 0 Å². The molecule has 192 valence electrons. The smallest absolute Gasteiger partial charge is 0.0639 e. The maximum absolute atomic E-state index is 9.94. The molecule has 0 saturated carbocycles. The highest BCUT2D eigenvalue weighted by Gasteiger charge is 2.16.